The van der Waals surface area contributed by atoms with Crippen LogP contribution in [0.3, 0.4) is 0 Å². The summed E-state index contributed by atoms with van der Waals surface area (Å²) in [5, 5.41) is 2.29. The molecule has 0 atom stereocenters. The summed E-state index contributed by atoms with van der Waals surface area (Å²) in [6, 6.07) is 4.88. The van der Waals surface area contributed by atoms with Crippen LogP contribution in [0.25, 0.3) is 0 Å². The summed E-state index contributed by atoms with van der Waals surface area (Å²) in [5.74, 6) is -1.09. The Morgan fingerprint density at radius 2 is 1.66 bits per heavy atom. The molecule has 172 valence electrons. The van der Waals surface area contributed by atoms with E-state index in [1.807, 2.05) is 6.92 Å². The maximum absolute atomic E-state index is 13.0. The molecule has 1 aliphatic heterocycles. The van der Waals surface area contributed by atoms with E-state index in [0.29, 0.717) is 36.5 Å². The van der Waals surface area contributed by atoms with E-state index in [2.05, 4.69) is 5.32 Å². The van der Waals surface area contributed by atoms with E-state index in [0.717, 1.165) is 6.42 Å². The Morgan fingerprint density at radius 1 is 1.03 bits per heavy atom. The Kier molecular flexibility index (Phi) is 6.38. The summed E-state index contributed by atoms with van der Waals surface area (Å²) in [4.78, 5) is 26.1. The third kappa shape index (κ3) is 5.14. The van der Waals surface area contributed by atoms with Gasteiger partial charge in [-0.3, -0.25) is 9.59 Å². The molecule has 1 N–H and O–H groups in total. The van der Waals surface area contributed by atoms with Gasteiger partial charge in [0.15, 0.2) is 6.61 Å². The molecule has 5 nitrogen and oxygen atoms in total. The molecular formula is C21H18F6N2O3. The van der Waals surface area contributed by atoms with Crippen LogP contribution in [0.15, 0.2) is 36.4 Å². The molecule has 2 aromatic carbocycles. The largest absolute Gasteiger partial charge is 0.482 e. The van der Waals surface area contributed by atoms with Gasteiger partial charge in [0.05, 0.1) is 16.8 Å². The van der Waals surface area contributed by atoms with Crippen molar-refractivity contribution in [1.82, 2.24) is 0 Å². The van der Waals surface area contributed by atoms with Crippen LogP contribution in [0.4, 0.5) is 37.7 Å². The molecule has 3 rings (SSSR count). The van der Waals surface area contributed by atoms with Crippen molar-refractivity contribution in [2.75, 3.05) is 23.4 Å². The van der Waals surface area contributed by atoms with Crippen molar-refractivity contribution < 1.29 is 40.7 Å². The molecular weight excluding hydrogens is 442 g/mol. The number of amides is 2. The van der Waals surface area contributed by atoms with E-state index >= 15 is 0 Å². The number of carbonyl (C=O) groups excluding carboxylic acids is 2. The molecule has 0 aromatic heterocycles. The predicted octanol–water partition coefficient (Wildman–Crippen LogP) is 5.50. The summed E-state index contributed by atoms with van der Waals surface area (Å²) in [6.45, 7) is 2.17. The third-order valence-corrected chi connectivity index (χ3v) is 4.74. The first-order valence-electron chi connectivity index (χ1n) is 9.58. The fourth-order valence-corrected chi connectivity index (χ4v) is 3.13. The summed E-state index contributed by atoms with van der Waals surface area (Å²) in [5.41, 5.74) is -3.55. The van der Waals surface area contributed by atoms with Gasteiger partial charge in [0.1, 0.15) is 5.75 Å². The minimum absolute atomic E-state index is 0.0514. The molecule has 11 heteroatoms. The number of alkyl halides is 6. The van der Waals surface area contributed by atoms with Crippen LogP contribution in [0.2, 0.25) is 0 Å². The maximum atomic E-state index is 13.0. The van der Waals surface area contributed by atoms with Gasteiger partial charge in [-0.1, -0.05) is 13.3 Å². The van der Waals surface area contributed by atoms with Gasteiger partial charge in [-0.25, -0.2) is 0 Å². The summed E-state index contributed by atoms with van der Waals surface area (Å²) >= 11 is 0. The molecule has 2 aromatic rings. The lowest BCUT2D eigenvalue weighted by Gasteiger charge is -2.29. The number of hydrogen-bond acceptors (Lipinski definition) is 3. The number of ether oxygens (including phenoxy) is 1. The van der Waals surface area contributed by atoms with Gasteiger partial charge in [-0.15, -0.1) is 0 Å². The van der Waals surface area contributed by atoms with Gasteiger partial charge in [-0.05, 0) is 42.8 Å². The third-order valence-electron chi connectivity index (χ3n) is 4.74. The van der Waals surface area contributed by atoms with Crippen molar-refractivity contribution in [2.45, 2.75) is 32.1 Å². The van der Waals surface area contributed by atoms with Crippen molar-refractivity contribution in [3.63, 3.8) is 0 Å². The zero-order valence-corrected chi connectivity index (χ0v) is 16.7. The zero-order valence-electron chi connectivity index (χ0n) is 16.7. The van der Waals surface area contributed by atoms with E-state index in [9.17, 15) is 35.9 Å². The second kappa shape index (κ2) is 8.71. The molecule has 0 radical (unpaired) electrons. The monoisotopic (exact) mass is 460 g/mol. The Morgan fingerprint density at radius 3 is 2.22 bits per heavy atom. The Bertz CT molecular complexity index is 1000. The number of nitrogens with zero attached hydrogens (tertiary/aromatic N) is 1. The van der Waals surface area contributed by atoms with E-state index in [1.54, 1.807) is 0 Å². The number of halogens is 6. The van der Waals surface area contributed by atoms with Gasteiger partial charge in [-0.2, -0.15) is 26.3 Å². The molecule has 0 unspecified atom stereocenters. The normalized spacial score (nSPS) is 14.1. The minimum Gasteiger partial charge on any atom is -0.482 e. The summed E-state index contributed by atoms with van der Waals surface area (Å²) < 4.78 is 83.6. The molecule has 0 saturated heterocycles. The first kappa shape index (κ1) is 23.4. The smallest absolute Gasteiger partial charge is 0.416 e. The summed E-state index contributed by atoms with van der Waals surface area (Å²) in [6.07, 6.45) is -8.63. The van der Waals surface area contributed by atoms with Crippen LogP contribution >= 0.6 is 0 Å². The number of nitrogens with one attached hydrogen (secondary N) is 1. The average Bonchev–Trinajstić information content (AvgIpc) is 2.71. The van der Waals surface area contributed by atoms with Gasteiger partial charge in [0, 0.05) is 17.8 Å². The van der Waals surface area contributed by atoms with E-state index in [4.69, 9.17) is 4.74 Å². The fourth-order valence-electron chi connectivity index (χ4n) is 3.13. The predicted molar refractivity (Wildman–Crippen MR) is 104 cm³/mol. The first-order chi connectivity index (χ1) is 14.9. The molecule has 1 aliphatic rings. The lowest BCUT2D eigenvalue weighted by Crippen LogP contribution is -2.39. The van der Waals surface area contributed by atoms with Gasteiger partial charge >= 0.3 is 12.4 Å². The van der Waals surface area contributed by atoms with E-state index < -0.39 is 35.0 Å². The second-order valence-electron chi connectivity index (χ2n) is 7.12. The highest BCUT2D eigenvalue weighted by Crippen LogP contribution is 2.37. The Hall–Kier alpha value is -3.24. The minimum atomic E-state index is -5.07. The van der Waals surface area contributed by atoms with Crippen LogP contribution in [0.1, 0.15) is 41.3 Å². The number of anilines is 2. The number of benzene rings is 2. The highest BCUT2D eigenvalue weighted by atomic mass is 19.4. The molecule has 32 heavy (non-hydrogen) atoms. The Balaban J connectivity index is 1.92. The molecule has 0 saturated carbocycles. The molecule has 2 amide bonds. The van der Waals surface area contributed by atoms with Crippen molar-refractivity contribution >= 4 is 23.2 Å². The topological polar surface area (TPSA) is 58.6 Å². The molecule has 1 heterocycles. The lowest BCUT2D eigenvalue weighted by molar-refractivity contribution is -0.143. The number of unbranched alkanes of at least 4 members (excludes halogenated alkanes) is 1. The fraction of sp³-hybridized carbons (Fsp3) is 0.333. The van der Waals surface area contributed by atoms with E-state index in [1.165, 1.54) is 23.1 Å². The molecule has 0 spiro atoms. The first-order valence-corrected chi connectivity index (χ1v) is 9.58. The highest BCUT2D eigenvalue weighted by molar-refractivity contribution is 6.05. The maximum Gasteiger partial charge on any atom is 0.416 e. The number of rotatable bonds is 5. The average molecular weight is 460 g/mol. The van der Waals surface area contributed by atoms with Crippen molar-refractivity contribution in [3.05, 3.63) is 53.1 Å². The van der Waals surface area contributed by atoms with Gasteiger partial charge in [0.2, 0.25) is 0 Å². The summed E-state index contributed by atoms with van der Waals surface area (Å²) in [7, 11) is 0. The van der Waals surface area contributed by atoms with Crippen LogP contribution in [-0.4, -0.2) is 25.0 Å². The lowest BCUT2D eigenvalue weighted by atomic mass is 10.0. The Labute approximate surface area is 179 Å². The molecule has 0 bridgehead atoms. The van der Waals surface area contributed by atoms with Crippen LogP contribution in [0.5, 0.6) is 5.75 Å². The van der Waals surface area contributed by atoms with Crippen LogP contribution in [0, 0.1) is 0 Å². The van der Waals surface area contributed by atoms with Gasteiger partial charge in [0.25, 0.3) is 11.8 Å². The van der Waals surface area contributed by atoms with Crippen molar-refractivity contribution in [2.24, 2.45) is 0 Å². The quantitative estimate of drug-likeness (QED) is 0.600. The van der Waals surface area contributed by atoms with Crippen molar-refractivity contribution in [1.29, 1.82) is 0 Å². The number of carbonyl (C=O) groups is 2. The number of fused-ring (bicyclic) bond motifs is 1. The van der Waals surface area contributed by atoms with Crippen LogP contribution < -0.4 is 15.0 Å². The second-order valence-corrected chi connectivity index (χ2v) is 7.12. The zero-order chi connectivity index (χ0) is 23.7. The number of hydrogen-bond donors (Lipinski definition) is 1. The molecule has 0 fully saturated rings. The molecule has 0 aliphatic carbocycles. The van der Waals surface area contributed by atoms with Crippen LogP contribution in [-0.2, 0) is 17.1 Å². The van der Waals surface area contributed by atoms with Crippen molar-refractivity contribution in [3.8, 4) is 5.75 Å². The standard InChI is InChI=1S/C21H18F6N2O3/c1-2-3-6-29-16-10-15(4-5-17(16)32-11-18(29)30)28-19(31)12-7-13(20(22,23)24)9-14(8-12)21(25,26)27/h4-5,7-10H,2-3,6,11H2,1H3,(H,28,31). The van der Waals surface area contributed by atoms with E-state index in [-0.39, 0.29) is 24.3 Å². The van der Waals surface area contributed by atoms with Gasteiger partial charge < -0.3 is 15.0 Å². The highest BCUT2D eigenvalue weighted by Gasteiger charge is 2.37. The SMILES string of the molecule is CCCCN1C(=O)COc2ccc(NC(=O)c3cc(C(F)(F)F)cc(C(F)(F)F)c3)cc21.